The summed E-state index contributed by atoms with van der Waals surface area (Å²) in [6.07, 6.45) is 0.113. The minimum absolute atomic E-state index is 0.0477. The lowest BCUT2D eigenvalue weighted by molar-refractivity contribution is -0.158. The second-order valence-corrected chi connectivity index (χ2v) is 14.3. The van der Waals surface area contributed by atoms with E-state index in [9.17, 15) is 24.0 Å². The molecule has 6 rings (SSSR count). The van der Waals surface area contributed by atoms with Crippen molar-refractivity contribution < 1.29 is 33.5 Å². The van der Waals surface area contributed by atoms with Crippen molar-refractivity contribution in [1.82, 2.24) is 25.1 Å². The molecule has 2 aromatic heterocycles. The molecule has 0 bridgehead atoms. The summed E-state index contributed by atoms with van der Waals surface area (Å²) in [6.45, 7) is 7.51. The van der Waals surface area contributed by atoms with Crippen LogP contribution in [0.3, 0.4) is 0 Å². The Morgan fingerprint density at radius 3 is 2.56 bits per heavy atom. The average molecular weight is 737 g/mol. The van der Waals surface area contributed by atoms with E-state index in [4.69, 9.17) is 19.3 Å². The zero-order valence-corrected chi connectivity index (χ0v) is 31.0. The quantitative estimate of drug-likeness (QED) is 0.107. The van der Waals surface area contributed by atoms with Gasteiger partial charge >= 0.3 is 12.1 Å². The maximum atomic E-state index is 13.9. The highest BCUT2D eigenvalue weighted by atomic mass is 16.6. The van der Waals surface area contributed by atoms with Gasteiger partial charge in [-0.25, -0.2) is 14.6 Å². The Bertz CT molecular complexity index is 2180. The van der Waals surface area contributed by atoms with Crippen molar-refractivity contribution in [2.24, 2.45) is 5.16 Å². The predicted molar refractivity (Wildman–Crippen MR) is 201 cm³/mol. The molecule has 2 unspecified atom stereocenters. The van der Waals surface area contributed by atoms with E-state index in [-0.39, 0.29) is 61.2 Å². The van der Waals surface area contributed by atoms with Gasteiger partial charge in [0, 0.05) is 61.1 Å². The minimum Gasteiger partial charge on any atom is -0.458 e. The number of fused-ring (bicyclic) bond motifs is 5. The fourth-order valence-electron chi connectivity index (χ4n) is 6.43. The van der Waals surface area contributed by atoms with Crippen LogP contribution in [0, 0.1) is 0 Å². The molecule has 4 aromatic rings. The molecule has 3 amide bonds. The normalized spacial score (nSPS) is 15.1. The Morgan fingerprint density at radius 2 is 1.81 bits per heavy atom. The summed E-state index contributed by atoms with van der Waals surface area (Å²) in [6, 6.07) is 18.4. The maximum Gasteiger partial charge on any atom is 0.410 e. The zero-order valence-electron chi connectivity index (χ0n) is 31.0. The number of aromatic nitrogens is 2. The van der Waals surface area contributed by atoms with E-state index >= 15 is 0 Å². The van der Waals surface area contributed by atoms with Crippen molar-refractivity contribution in [2.45, 2.75) is 77.9 Å². The minimum atomic E-state index is -1.50. The first kappa shape index (κ1) is 37.7. The van der Waals surface area contributed by atoms with E-state index in [0.29, 0.717) is 29.7 Å². The molecule has 2 N–H and O–H groups in total. The van der Waals surface area contributed by atoms with Crippen LogP contribution < -0.4 is 16.2 Å². The summed E-state index contributed by atoms with van der Waals surface area (Å²) in [5, 5.41) is 10.8. The Hall–Kier alpha value is -6.05. The predicted octanol–water partition coefficient (Wildman–Crippen LogP) is 4.38. The molecule has 4 heterocycles. The molecule has 14 nitrogen and oxygen atoms in total. The molecule has 282 valence electrons. The first-order valence-electron chi connectivity index (χ1n) is 17.9. The Labute approximate surface area is 312 Å². The summed E-state index contributed by atoms with van der Waals surface area (Å²) < 4.78 is 12.6. The van der Waals surface area contributed by atoms with Gasteiger partial charge in [-0.3, -0.25) is 14.4 Å². The molecule has 0 saturated carbocycles. The number of oxime groups is 1. The van der Waals surface area contributed by atoms with E-state index in [0.717, 1.165) is 22.1 Å². The molecule has 0 saturated heterocycles. The molecular formula is C40H44N6O8. The molecule has 54 heavy (non-hydrogen) atoms. The third-order valence-corrected chi connectivity index (χ3v) is 9.14. The number of para-hydroxylation sites is 1. The number of esters is 1. The molecule has 2 aromatic carbocycles. The summed E-state index contributed by atoms with van der Waals surface area (Å²) in [5.74, 6) is -1.26. The second kappa shape index (κ2) is 15.9. The summed E-state index contributed by atoms with van der Waals surface area (Å²) in [5.41, 5.74) is 3.73. The number of cyclic esters (lactones) is 1. The second-order valence-electron chi connectivity index (χ2n) is 14.3. The maximum absolute atomic E-state index is 13.9. The number of carbonyl (C=O) groups is 4. The molecule has 14 heteroatoms. The van der Waals surface area contributed by atoms with Crippen molar-refractivity contribution in [1.29, 1.82) is 0 Å². The number of ether oxygens (including phenoxy) is 2. The fourth-order valence-corrected chi connectivity index (χ4v) is 6.43. The van der Waals surface area contributed by atoms with Crippen molar-refractivity contribution in [3.63, 3.8) is 0 Å². The highest BCUT2D eigenvalue weighted by Crippen LogP contribution is 2.38. The number of hydrogen-bond donors (Lipinski definition) is 2. The van der Waals surface area contributed by atoms with Crippen LogP contribution in [0.4, 0.5) is 4.79 Å². The third kappa shape index (κ3) is 8.43. The monoisotopic (exact) mass is 736 g/mol. The Kier molecular flexibility index (Phi) is 11.1. The molecule has 0 aliphatic carbocycles. The number of pyridine rings is 2. The molecular weight excluding hydrogens is 692 g/mol. The van der Waals surface area contributed by atoms with Crippen LogP contribution in [-0.2, 0) is 48.3 Å². The fraction of sp³-hybridized carbons (Fsp3) is 0.375. The lowest BCUT2D eigenvalue weighted by Gasteiger charge is -2.27. The summed E-state index contributed by atoms with van der Waals surface area (Å²) in [4.78, 5) is 77.0. The topological polar surface area (TPSA) is 171 Å². The van der Waals surface area contributed by atoms with Crippen LogP contribution in [0.2, 0.25) is 0 Å². The molecule has 0 radical (unpaired) electrons. The van der Waals surface area contributed by atoms with Crippen molar-refractivity contribution in [3.8, 4) is 11.4 Å². The number of likely N-dealkylation sites (N-methyl/N-ethyl adjacent to an activating group) is 1. The highest BCUT2D eigenvalue weighted by Gasteiger charge is 2.38. The first-order valence-corrected chi connectivity index (χ1v) is 17.9. The molecule has 2 atom stereocenters. The van der Waals surface area contributed by atoms with Crippen LogP contribution >= 0.6 is 0 Å². The molecule has 0 spiro atoms. The van der Waals surface area contributed by atoms with Crippen molar-refractivity contribution in [2.75, 3.05) is 20.1 Å². The third-order valence-electron chi connectivity index (χ3n) is 9.14. The van der Waals surface area contributed by atoms with Gasteiger partial charge in [0.05, 0.1) is 35.2 Å². The molecule has 2 aliphatic heterocycles. The largest absolute Gasteiger partial charge is 0.458 e. The number of carbonyl (C=O) groups excluding carboxylic acids is 4. The number of amides is 3. The van der Waals surface area contributed by atoms with Gasteiger partial charge in [-0.05, 0) is 44.9 Å². The van der Waals surface area contributed by atoms with Gasteiger partial charge in [0.2, 0.25) is 17.9 Å². The van der Waals surface area contributed by atoms with E-state index < -0.39 is 29.8 Å². The Balaban J connectivity index is 1.16. The van der Waals surface area contributed by atoms with Crippen molar-refractivity contribution in [3.05, 3.63) is 98.8 Å². The van der Waals surface area contributed by atoms with Gasteiger partial charge in [0.1, 0.15) is 12.2 Å². The zero-order chi connectivity index (χ0) is 38.6. The summed E-state index contributed by atoms with van der Waals surface area (Å²) >= 11 is 0. The van der Waals surface area contributed by atoms with E-state index in [2.05, 4.69) is 15.8 Å². The number of rotatable bonds is 12. The van der Waals surface area contributed by atoms with E-state index in [1.165, 1.54) is 11.9 Å². The van der Waals surface area contributed by atoms with Gasteiger partial charge in [0.15, 0.2) is 0 Å². The van der Waals surface area contributed by atoms with Gasteiger partial charge in [-0.1, -0.05) is 60.6 Å². The summed E-state index contributed by atoms with van der Waals surface area (Å²) in [7, 11) is 1.47. The van der Waals surface area contributed by atoms with Crippen LogP contribution in [0.25, 0.3) is 22.3 Å². The average Bonchev–Trinajstić information content (AvgIpc) is 3.50. The van der Waals surface area contributed by atoms with Gasteiger partial charge in [-0.2, -0.15) is 0 Å². The van der Waals surface area contributed by atoms with Crippen LogP contribution in [-0.4, -0.2) is 76.3 Å². The lowest BCUT2D eigenvalue weighted by atomic mass is 9.99. The van der Waals surface area contributed by atoms with E-state index in [1.54, 1.807) is 23.8 Å². The van der Waals surface area contributed by atoms with Gasteiger partial charge in [0.25, 0.3) is 5.56 Å². The Morgan fingerprint density at radius 1 is 1.07 bits per heavy atom. The number of benzene rings is 2. The highest BCUT2D eigenvalue weighted by molar-refractivity contribution is 6.02. The van der Waals surface area contributed by atoms with Gasteiger partial charge < -0.3 is 34.4 Å². The first-order chi connectivity index (χ1) is 25.8. The van der Waals surface area contributed by atoms with Crippen molar-refractivity contribution >= 4 is 41.0 Å². The molecule has 2 aliphatic rings. The number of hydrogen-bond acceptors (Lipinski definition) is 10. The lowest BCUT2D eigenvalue weighted by Crippen LogP contribution is -2.42. The standard InChI is InChI=1S/C40H44N6O8/c1-6-33(47)43-25(18-24-12-8-7-9-13-24)19-34(48)41-16-17-45(5)39(51)53-36-27-20-32-35-29(22-46(32)37(49)30(27)23-52-38(36)50)28(21-42-54-40(2,3)4)26-14-10-11-15-31(26)44-35/h7-15,20-21,25,36H,6,16-19,22-23H2,1-5H3,(H,41,48)(H,43,47)/b42-21+. The smallest absolute Gasteiger partial charge is 0.410 e. The van der Waals surface area contributed by atoms with Gasteiger partial charge in [-0.15, -0.1) is 0 Å². The van der Waals surface area contributed by atoms with Crippen LogP contribution in [0.15, 0.2) is 70.6 Å². The number of nitrogens with zero attached hydrogens (tertiary/aromatic N) is 4. The SMILES string of the molecule is CCC(=O)NC(CC(=O)NCCN(C)C(=O)OC1C(=O)OCc2c1cc1n(c2=O)Cc2c-1nc1ccccc1c2/C=N/OC(C)(C)C)Cc1ccccc1. The number of nitrogens with one attached hydrogen (secondary N) is 2. The molecule has 0 fully saturated rings. The van der Waals surface area contributed by atoms with Crippen LogP contribution in [0.1, 0.15) is 74.5 Å². The van der Waals surface area contributed by atoms with Crippen LogP contribution in [0.5, 0.6) is 0 Å². The van der Waals surface area contributed by atoms with E-state index in [1.807, 2.05) is 75.4 Å².